The van der Waals surface area contributed by atoms with Gasteiger partial charge in [-0.2, -0.15) is 5.10 Å². The maximum Gasteiger partial charge on any atom is 0.343 e. The highest BCUT2D eigenvalue weighted by Crippen LogP contribution is 2.14. The van der Waals surface area contributed by atoms with E-state index >= 15 is 0 Å². The van der Waals surface area contributed by atoms with E-state index in [4.69, 9.17) is 4.74 Å². The van der Waals surface area contributed by atoms with Gasteiger partial charge in [0.25, 0.3) is 5.91 Å². The quantitative estimate of drug-likeness (QED) is 0.103. The number of rotatable bonds is 16. The van der Waals surface area contributed by atoms with Crippen molar-refractivity contribution in [2.75, 3.05) is 6.54 Å². The number of nitrogens with zero attached hydrogens (tertiary/aromatic N) is 1. The molecule has 194 valence electrons. The molecule has 0 spiro atoms. The van der Waals surface area contributed by atoms with Crippen molar-refractivity contribution in [3.05, 3.63) is 65.2 Å². The molecule has 7 nitrogen and oxygen atoms in total. The van der Waals surface area contributed by atoms with Gasteiger partial charge in [0.05, 0.1) is 18.3 Å². The monoisotopic (exact) mass is 493 g/mol. The van der Waals surface area contributed by atoms with Crippen molar-refractivity contribution >= 4 is 24.0 Å². The van der Waals surface area contributed by atoms with Crippen LogP contribution in [0.2, 0.25) is 0 Å². The van der Waals surface area contributed by atoms with Crippen LogP contribution in [-0.2, 0) is 9.59 Å². The fraction of sp³-hybridized carbons (Fsp3) is 0.448. The highest BCUT2D eigenvalue weighted by Gasteiger charge is 2.08. The van der Waals surface area contributed by atoms with Crippen molar-refractivity contribution in [1.29, 1.82) is 0 Å². The minimum absolute atomic E-state index is 0.110. The molecule has 2 amide bonds. The van der Waals surface area contributed by atoms with Crippen molar-refractivity contribution in [1.82, 2.24) is 10.7 Å². The molecule has 0 atom stereocenters. The van der Waals surface area contributed by atoms with Crippen LogP contribution < -0.4 is 15.5 Å². The average Bonchev–Trinajstić information content (AvgIpc) is 2.88. The topological polar surface area (TPSA) is 96.9 Å². The van der Waals surface area contributed by atoms with E-state index in [9.17, 15) is 14.4 Å². The Hall–Kier alpha value is -3.48. The number of carbonyl (C=O) groups is 3. The first kappa shape index (κ1) is 28.8. The van der Waals surface area contributed by atoms with Crippen molar-refractivity contribution < 1.29 is 19.1 Å². The van der Waals surface area contributed by atoms with Gasteiger partial charge in [0.1, 0.15) is 5.75 Å². The van der Waals surface area contributed by atoms with E-state index in [2.05, 4.69) is 22.8 Å². The minimum Gasteiger partial charge on any atom is -0.423 e. The van der Waals surface area contributed by atoms with Gasteiger partial charge in [0.15, 0.2) is 0 Å². The van der Waals surface area contributed by atoms with Gasteiger partial charge in [-0.3, -0.25) is 9.59 Å². The molecule has 2 rings (SSSR count). The maximum atomic E-state index is 12.2. The van der Waals surface area contributed by atoms with Crippen LogP contribution in [0.5, 0.6) is 5.75 Å². The molecule has 0 bridgehead atoms. The molecule has 0 radical (unpaired) electrons. The second-order valence-electron chi connectivity index (χ2n) is 8.97. The third kappa shape index (κ3) is 12.3. The van der Waals surface area contributed by atoms with E-state index < -0.39 is 11.9 Å². The molecule has 0 saturated heterocycles. The van der Waals surface area contributed by atoms with Crippen LogP contribution in [0.3, 0.4) is 0 Å². The number of hydrogen-bond acceptors (Lipinski definition) is 5. The number of aryl methyl sites for hydroxylation is 1. The van der Waals surface area contributed by atoms with Crippen LogP contribution in [-0.4, -0.2) is 30.5 Å². The summed E-state index contributed by atoms with van der Waals surface area (Å²) in [5.74, 6) is -0.525. The highest BCUT2D eigenvalue weighted by atomic mass is 16.5. The fourth-order valence-electron chi connectivity index (χ4n) is 3.56. The lowest BCUT2D eigenvalue weighted by atomic mass is 10.1. The summed E-state index contributed by atoms with van der Waals surface area (Å²) >= 11 is 0. The van der Waals surface area contributed by atoms with Gasteiger partial charge < -0.3 is 10.1 Å². The van der Waals surface area contributed by atoms with E-state index in [1.807, 2.05) is 19.1 Å². The molecule has 0 fully saturated rings. The smallest absolute Gasteiger partial charge is 0.343 e. The van der Waals surface area contributed by atoms with Gasteiger partial charge in [0.2, 0.25) is 5.91 Å². The number of amides is 2. The zero-order valence-electron chi connectivity index (χ0n) is 21.6. The Labute approximate surface area is 214 Å². The number of unbranched alkanes of at least 4 members (excludes halogenated alkanes) is 8. The van der Waals surface area contributed by atoms with Gasteiger partial charge >= 0.3 is 5.97 Å². The molecule has 2 N–H and O–H groups in total. The molecule has 7 heteroatoms. The summed E-state index contributed by atoms with van der Waals surface area (Å²) < 4.78 is 5.36. The lowest BCUT2D eigenvalue weighted by Crippen LogP contribution is -2.34. The molecule has 0 aliphatic heterocycles. The van der Waals surface area contributed by atoms with Gasteiger partial charge in [0, 0.05) is 6.42 Å². The summed E-state index contributed by atoms with van der Waals surface area (Å²) in [7, 11) is 0. The van der Waals surface area contributed by atoms with Crippen molar-refractivity contribution in [3.8, 4) is 5.75 Å². The van der Waals surface area contributed by atoms with Crippen molar-refractivity contribution in [3.63, 3.8) is 0 Å². The fourth-order valence-corrected chi connectivity index (χ4v) is 3.56. The Bertz CT molecular complexity index is 969. The van der Waals surface area contributed by atoms with E-state index in [0.717, 1.165) is 30.4 Å². The largest absolute Gasteiger partial charge is 0.423 e. The lowest BCUT2D eigenvalue weighted by molar-refractivity contribution is -0.126. The second-order valence-corrected chi connectivity index (χ2v) is 8.97. The SMILES string of the molecule is CCCCCCCCCCCC(=O)NCC(=O)NN=Cc1ccc(OC(=O)c2ccc(C)cc2)cc1. The molecule has 0 aliphatic rings. The molecular formula is C29H39N3O4. The Morgan fingerprint density at radius 1 is 0.806 bits per heavy atom. The molecule has 0 unspecified atom stereocenters. The van der Waals surface area contributed by atoms with Crippen LogP contribution >= 0.6 is 0 Å². The van der Waals surface area contributed by atoms with Crippen LogP contribution in [0.15, 0.2) is 53.6 Å². The standard InChI is InChI=1S/C29H39N3O4/c1-3-4-5-6-7-8-9-10-11-12-27(33)30-22-28(34)32-31-21-24-15-19-26(20-16-24)36-29(35)25-17-13-23(2)14-18-25/h13-21H,3-12,22H2,1-2H3,(H,30,33)(H,32,34). The summed E-state index contributed by atoms with van der Waals surface area (Å²) in [6.07, 6.45) is 12.7. The summed E-state index contributed by atoms with van der Waals surface area (Å²) in [5, 5.41) is 6.53. The first-order chi connectivity index (χ1) is 17.5. The van der Waals surface area contributed by atoms with Crippen LogP contribution in [0.1, 0.15) is 92.6 Å². The molecule has 2 aromatic rings. The number of esters is 1. The number of carbonyl (C=O) groups excluding carboxylic acids is 3. The Morgan fingerprint density at radius 3 is 2.06 bits per heavy atom. The van der Waals surface area contributed by atoms with E-state index in [1.54, 1.807) is 36.4 Å². The van der Waals surface area contributed by atoms with Crippen molar-refractivity contribution in [2.24, 2.45) is 5.10 Å². The summed E-state index contributed by atoms with van der Waals surface area (Å²) in [5.41, 5.74) is 4.67. The Kier molecular flexibility index (Phi) is 13.6. The zero-order valence-corrected chi connectivity index (χ0v) is 21.6. The Morgan fingerprint density at radius 2 is 1.42 bits per heavy atom. The average molecular weight is 494 g/mol. The number of ether oxygens (including phenoxy) is 1. The van der Waals surface area contributed by atoms with Crippen molar-refractivity contribution in [2.45, 2.75) is 78.1 Å². The first-order valence-corrected chi connectivity index (χ1v) is 13.0. The van der Waals surface area contributed by atoms with Gasteiger partial charge in [-0.1, -0.05) is 76.0 Å². The second kappa shape index (κ2) is 17.0. The third-order valence-corrected chi connectivity index (χ3v) is 5.73. The molecule has 36 heavy (non-hydrogen) atoms. The van der Waals surface area contributed by atoms with Gasteiger partial charge in [-0.05, 0) is 55.3 Å². The normalized spacial score (nSPS) is 10.8. The van der Waals surface area contributed by atoms with Gasteiger partial charge in [-0.25, -0.2) is 10.2 Å². The number of hydrogen-bond donors (Lipinski definition) is 2. The van der Waals surface area contributed by atoms with Crippen LogP contribution in [0.25, 0.3) is 0 Å². The summed E-state index contributed by atoms with van der Waals surface area (Å²) in [6.45, 7) is 4.06. The maximum absolute atomic E-state index is 12.2. The molecule has 0 aliphatic carbocycles. The zero-order chi connectivity index (χ0) is 26.0. The lowest BCUT2D eigenvalue weighted by Gasteiger charge is -2.05. The third-order valence-electron chi connectivity index (χ3n) is 5.73. The predicted octanol–water partition coefficient (Wildman–Crippen LogP) is 5.70. The van der Waals surface area contributed by atoms with Gasteiger partial charge in [-0.15, -0.1) is 0 Å². The number of nitrogens with one attached hydrogen (secondary N) is 2. The minimum atomic E-state index is -0.427. The molecule has 2 aromatic carbocycles. The number of benzene rings is 2. The summed E-state index contributed by atoms with van der Waals surface area (Å²) in [6, 6.07) is 13.9. The van der Waals surface area contributed by atoms with Crippen LogP contribution in [0, 0.1) is 6.92 Å². The Balaban J connectivity index is 1.58. The van der Waals surface area contributed by atoms with E-state index in [1.165, 1.54) is 44.7 Å². The first-order valence-electron chi connectivity index (χ1n) is 13.0. The highest BCUT2D eigenvalue weighted by molar-refractivity contribution is 5.91. The predicted molar refractivity (Wildman–Crippen MR) is 143 cm³/mol. The van der Waals surface area contributed by atoms with E-state index in [-0.39, 0.29) is 12.5 Å². The summed E-state index contributed by atoms with van der Waals surface area (Å²) in [4.78, 5) is 36.0. The molecule has 0 heterocycles. The molecule has 0 aromatic heterocycles. The van der Waals surface area contributed by atoms with E-state index in [0.29, 0.717) is 17.7 Å². The van der Waals surface area contributed by atoms with Crippen LogP contribution in [0.4, 0.5) is 0 Å². The number of hydrazone groups is 1. The molecule has 0 saturated carbocycles. The molecular weight excluding hydrogens is 454 g/mol.